The van der Waals surface area contributed by atoms with Gasteiger partial charge in [-0.3, -0.25) is 0 Å². The standard InChI is InChI=1S/C22H24N4S2/c1-14-16(5-3-4-10-26(14)2)21-12-17-18(8-9-23-22(17)28-21)25-15-6-7-20-19(11-15)24-13-27-20/h6-9,11-14,16H,3-5,10H2,1-2H3,(H,23,25)/t14-,16?/m0/s1. The summed E-state index contributed by atoms with van der Waals surface area (Å²) in [6.07, 6.45) is 5.78. The largest absolute Gasteiger partial charge is 0.355 e. The highest BCUT2D eigenvalue weighted by Gasteiger charge is 2.27. The molecule has 144 valence electrons. The number of hydrogen-bond donors (Lipinski definition) is 1. The van der Waals surface area contributed by atoms with E-state index >= 15 is 0 Å². The smallest absolute Gasteiger partial charge is 0.125 e. The second-order valence-corrected chi connectivity index (χ2v) is 9.66. The highest BCUT2D eigenvalue weighted by Crippen LogP contribution is 2.40. The van der Waals surface area contributed by atoms with Crippen LogP contribution in [0.1, 0.15) is 37.0 Å². The van der Waals surface area contributed by atoms with E-state index in [-0.39, 0.29) is 0 Å². The second kappa shape index (κ2) is 7.43. The van der Waals surface area contributed by atoms with Crippen molar-refractivity contribution in [3.8, 4) is 0 Å². The molecule has 0 saturated carbocycles. The van der Waals surface area contributed by atoms with Crippen molar-refractivity contribution in [1.29, 1.82) is 0 Å². The summed E-state index contributed by atoms with van der Waals surface area (Å²) in [5.41, 5.74) is 5.13. The van der Waals surface area contributed by atoms with Crippen LogP contribution in [-0.2, 0) is 0 Å². The van der Waals surface area contributed by atoms with Crippen LogP contribution in [0.15, 0.2) is 42.0 Å². The van der Waals surface area contributed by atoms with Crippen LogP contribution in [0.2, 0.25) is 0 Å². The van der Waals surface area contributed by atoms with Crippen LogP contribution >= 0.6 is 22.7 Å². The molecule has 1 aromatic carbocycles. The molecule has 0 radical (unpaired) electrons. The van der Waals surface area contributed by atoms with Crippen molar-refractivity contribution in [3.63, 3.8) is 0 Å². The molecule has 1 saturated heterocycles. The fourth-order valence-corrected chi connectivity index (χ4v) is 6.12. The van der Waals surface area contributed by atoms with Crippen molar-refractivity contribution in [3.05, 3.63) is 46.9 Å². The first-order valence-electron chi connectivity index (χ1n) is 9.88. The maximum atomic E-state index is 4.66. The summed E-state index contributed by atoms with van der Waals surface area (Å²) < 4.78 is 1.22. The second-order valence-electron chi connectivity index (χ2n) is 7.71. The topological polar surface area (TPSA) is 41.1 Å². The van der Waals surface area contributed by atoms with Gasteiger partial charge in [0.2, 0.25) is 0 Å². The molecule has 1 N–H and O–H groups in total. The lowest BCUT2D eigenvalue weighted by Gasteiger charge is -2.28. The molecule has 28 heavy (non-hydrogen) atoms. The number of thiophene rings is 1. The lowest BCUT2D eigenvalue weighted by Crippen LogP contribution is -2.32. The maximum Gasteiger partial charge on any atom is 0.125 e. The Morgan fingerprint density at radius 3 is 3.00 bits per heavy atom. The molecule has 0 spiro atoms. The highest BCUT2D eigenvalue weighted by atomic mass is 32.1. The van der Waals surface area contributed by atoms with E-state index < -0.39 is 0 Å². The normalized spacial score (nSPS) is 21.2. The number of thiazole rings is 1. The van der Waals surface area contributed by atoms with Crippen molar-refractivity contribution in [2.45, 2.75) is 38.1 Å². The van der Waals surface area contributed by atoms with Crippen LogP contribution in [0, 0.1) is 0 Å². The van der Waals surface area contributed by atoms with Crippen molar-refractivity contribution in [1.82, 2.24) is 14.9 Å². The molecular weight excluding hydrogens is 384 g/mol. The Hall–Kier alpha value is -2.02. The minimum Gasteiger partial charge on any atom is -0.355 e. The first-order chi connectivity index (χ1) is 13.7. The Bertz CT molecular complexity index is 1120. The van der Waals surface area contributed by atoms with Gasteiger partial charge in [0.1, 0.15) is 4.83 Å². The van der Waals surface area contributed by atoms with Gasteiger partial charge in [-0.25, -0.2) is 9.97 Å². The summed E-state index contributed by atoms with van der Waals surface area (Å²) in [5, 5.41) is 4.82. The third-order valence-corrected chi connectivity index (χ3v) is 7.97. The van der Waals surface area contributed by atoms with Gasteiger partial charge in [0.15, 0.2) is 0 Å². The number of rotatable bonds is 3. The van der Waals surface area contributed by atoms with Crippen molar-refractivity contribution in [2.75, 3.05) is 18.9 Å². The van der Waals surface area contributed by atoms with Gasteiger partial charge in [0.05, 0.1) is 21.4 Å². The molecule has 1 aliphatic heterocycles. The van der Waals surface area contributed by atoms with Crippen molar-refractivity contribution in [2.24, 2.45) is 0 Å². The molecule has 6 heteroatoms. The number of aromatic nitrogens is 2. The number of likely N-dealkylation sites (N-methyl/N-ethyl adjacent to an activating group) is 1. The third kappa shape index (κ3) is 3.30. The van der Waals surface area contributed by atoms with Gasteiger partial charge in [0.25, 0.3) is 0 Å². The Morgan fingerprint density at radius 1 is 1.14 bits per heavy atom. The summed E-state index contributed by atoms with van der Waals surface area (Å²) in [4.78, 5) is 14.2. The molecule has 0 aliphatic carbocycles. The zero-order valence-corrected chi connectivity index (χ0v) is 17.8. The molecule has 2 atom stereocenters. The quantitative estimate of drug-likeness (QED) is 0.436. The number of hydrogen-bond acceptors (Lipinski definition) is 6. The van der Waals surface area contributed by atoms with Crippen LogP contribution in [-0.4, -0.2) is 34.5 Å². The molecule has 4 aromatic rings. The van der Waals surface area contributed by atoms with Crippen LogP contribution in [0.5, 0.6) is 0 Å². The number of likely N-dealkylation sites (tertiary alicyclic amines) is 1. The lowest BCUT2D eigenvalue weighted by atomic mass is 9.94. The number of nitrogens with one attached hydrogen (secondary N) is 1. The molecule has 3 aromatic heterocycles. The Kier molecular flexibility index (Phi) is 4.78. The minimum absolute atomic E-state index is 0.569. The molecule has 5 rings (SSSR count). The molecule has 1 unspecified atom stereocenters. The summed E-state index contributed by atoms with van der Waals surface area (Å²) in [6, 6.07) is 11.4. The number of benzene rings is 1. The maximum absolute atomic E-state index is 4.66. The van der Waals surface area contributed by atoms with E-state index in [1.54, 1.807) is 11.3 Å². The number of fused-ring (bicyclic) bond motifs is 2. The van der Waals surface area contributed by atoms with Crippen molar-refractivity contribution >= 4 is 54.5 Å². The fraction of sp³-hybridized carbons (Fsp3) is 0.364. The summed E-state index contributed by atoms with van der Waals surface area (Å²) >= 11 is 3.53. The van der Waals surface area contributed by atoms with Gasteiger partial charge in [-0.15, -0.1) is 22.7 Å². The molecule has 0 bridgehead atoms. The molecule has 0 amide bonds. The molecule has 1 aliphatic rings. The van der Waals surface area contributed by atoms with E-state index in [1.165, 1.54) is 40.8 Å². The number of nitrogens with zero attached hydrogens (tertiary/aromatic N) is 3. The van der Waals surface area contributed by atoms with Gasteiger partial charge in [-0.1, -0.05) is 6.42 Å². The summed E-state index contributed by atoms with van der Waals surface area (Å²) in [5.74, 6) is 0.589. The Balaban J connectivity index is 1.50. The van der Waals surface area contributed by atoms with Gasteiger partial charge >= 0.3 is 0 Å². The minimum atomic E-state index is 0.569. The zero-order valence-electron chi connectivity index (χ0n) is 16.2. The fourth-order valence-electron chi connectivity index (χ4n) is 4.20. The zero-order chi connectivity index (χ0) is 19.1. The predicted octanol–water partition coefficient (Wildman–Crippen LogP) is 6.24. The number of pyridine rings is 1. The van der Waals surface area contributed by atoms with Crippen LogP contribution in [0.25, 0.3) is 20.4 Å². The SMILES string of the molecule is C[C@H]1C(c2cc3c(Nc4ccc5scnc5c4)ccnc3s2)CCCCN1C. The van der Waals surface area contributed by atoms with E-state index in [2.05, 4.69) is 64.5 Å². The summed E-state index contributed by atoms with van der Waals surface area (Å²) in [7, 11) is 2.26. The van der Waals surface area contributed by atoms with Crippen LogP contribution in [0.3, 0.4) is 0 Å². The van der Waals surface area contributed by atoms with Crippen molar-refractivity contribution < 1.29 is 0 Å². The highest BCUT2D eigenvalue weighted by molar-refractivity contribution is 7.18. The van der Waals surface area contributed by atoms with E-state index in [1.807, 2.05) is 23.0 Å². The first-order valence-corrected chi connectivity index (χ1v) is 11.6. The average molecular weight is 409 g/mol. The van der Waals surface area contributed by atoms with Gasteiger partial charge in [-0.05, 0) is 63.7 Å². The van der Waals surface area contributed by atoms with Gasteiger partial charge in [0, 0.05) is 34.1 Å². The molecule has 4 heterocycles. The van der Waals surface area contributed by atoms with Gasteiger partial charge < -0.3 is 10.2 Å². The molecule has 1 fully saturated rings. The first kappa shape index (κ1) is 18.0. The lowest BCUT2D eigenvalue weighted by molar-refractivity contribution is 0.244. The number of anilines is 2. The van der Waals surface area contributed by atoms with E-state index in [0.717, 1.165) is 21.7 Å². The van der Waals surface area contributed by atoms with Gasteiger partial charge in [-0.2, -0.15) is 0 Å². The summed E-state index contributed by atoms with van der Waals surface area (Å²) in [6.45, 7) is 3.57. The predicted molar refractivity (Wildman–Crippen MR) is 121 cm³/mol. The van der Waals surface area contributed by atoms with E-state index in [9.17, 15) is 0 Å². The monoisotopic (exact) mass is 408 g/mol. The third-order valence-electron chi connectivity index (χ3n) is 5.98. The van der Waals surface area contributed by atoms with Crippen LogP contribution in [0.4, 0.5) is 11.4 Å². The van der Waals surface area contributed by atoms with E-state index in [4.69, 9.17) is 0 Å². The average Bonchev–Trinajstić information content (AvgIpc) is 3.30. The molecular formula is C22H24N4S2. The van der Waals surface area contributed by atoms with Crippen LogP contribution < -0.4 is 5.32 Å². The Morgan fingerprint density at radius 2 is 2.07 bits per heavy atom. The Labute approximate surface area is 173 Å². The molecule has 4 nitrogen and oxygen atoms in total. The van der Waals surface area contributed by atoms with E-state index in [0.29, 0.717) is 12.0 Å².